The van der Waals surface area contributed by atoms with Crippen molar-refractivity contribution in [3.8, 4) is 0 Å². The zero-order valence-corrected chi connectivity index (χ0v) is 21.2. The minimum absolute atomic E-state index is 0.0592. The minimum atomic E-state index is -0.841. The molecule has 2 amide bonds. The average molecular weight is 487 g/mol. The van der Waals surface area contributed by atoms with Crippen molar-refractivity contribution >= 4 is 23.6 Å². The molecular formula is C30H34N2O2S. The van der Waals surface area contributed by atoms with E-state index in [1.165, 1.54) is 4.90 Å². The lowest BCUT2D eigenvalue weighted by Crippen LogP contribution is -2.59. The van der Waals surface area contributed by atoms with Crippen LogP contribution in [0.25, 0.3) is 0 Å². The van der Waals surface area contributed by atoms with Gasteiger partial charge in [0.05, 0.1) is 0 Å². The number of hydrogen-bond donors (Lipinski definition) is 2. The number of amides is 2. The van der Waals surface area contributed by atoms with Crippen molar-refractivity contribution in [3.63, 3.8) is 0 Å². The number of benzene rings is 3. The largest absolute Gasteiger partial charge is 0.350 e. The van der Waals surface area contributed by atoms with Crippen LogP contribution in [-0.4, -0.2) is 23.6 Å². The molecule has 3 aromatic rings. The zero-order chi connectivity index (χ0) is 24.5. The normalized spacial score (nSPS) is 14.9. The van der Waals surface area contributed by atoms with Crippen LogP contribution in [0.15, 0.2) is 89.8 Å². The Morgan fingerprint density at radius 1 is 0.829 bits per heavy atom. The molecule has 0 heterocycles. The Balaban J connectivity index is 1.47. The second-order valence-electron chi connectivity index (χ2n) is 9.30. The molecule has 5 heteroatoms. The number of rotatable bonds is 9. The third-order valence-electron chi connectivity index (χ3n) is 6.93. The lowest BCUT2D eigenvalue weighted by atomic mass is 9.80. The van der Waals surface area contributed by atoms with Gasteiger partial charge in [0.1, 0.15) is 5.54 Å². The van der Waals surface area contributed by atoms with Gasteiger partial charge in [-0.05, 0) is 47.9 Å². The highest BCUT2D eigenvalue weighted by molar-refractivity contribution is 7.98. The highest BCUT2D eigenvalue weighted by Crippen LogP contribution is 2.31. The summed E-state index contributed by atoms with van der Waals surface area (Å²) in [6, 6.07) is 28.5. The monoisotopic (exact) mass is 486 g/mol. The topological polar surface area (TPSA) is 58.2 Å². The van der Waals surface area contributed by atoms with Crippen LogP contribution >= 0.6 is 11.8 Å². The Hall–Kier alpha value is -3.05. The molecule has 4 rings (SSSR count). The molecular weight excluding hydrogens is 452 g/mol. The van der Waals surface area contributed by atoms with Gasteiger partial charge in [0.2, 0.25) is 11.8 Å². The molecule has 0 spiro atoms. The van der Waals surface area contributed by atoms with Crippen LogP contribution in [0, 0.1) is 0 Å². The van der Waals surface area contributed by atoms with Crippen molar-refractivity contribution in [3.05, 3.63) is 102 Å². The molecule has 0 bridgehead atoms. The molecule has 1 fully saturated rings. The molecule has 1 aliphatic carbocycles. The van der Waals surface area contributed by atoms with Crippen LogP contribution in [0.2, 0.25) is 0 Å². The molecule has 0 aromatic heterocycles. The van der Waals surface area contributed by atoms with E-state index in [2.05, 4.69) is 47.0 Å². The summed E-state index contributed by atoms with van der Waals surface area (Å²) >= 11 is 1.70. The Morgan fingerprint density at radius 2 is 1.40 bits per heavy atom. The van der Waals surface area contributed by atoms with E-state index in [1.807, 2.05) is 54.8 Å². The third kappa shape index (κ3) is 6.55. The smallest absolute Gasteiger partial charge is 0.246 e. The van der Waals surface area contributed by atoms with E-state index in [0.29, 0.717) is 25.8 Å². The van der Waals surface area contributed by atoms with Gasteiger partial charge in [-0.2, -0.15) is 0 Å². The summed E-state index contributed by atoms with van der Waals surface area (Å²) in [4.78, 5) is 28.1. The fraction of sp³-hybridized carbons (Fsp3) is 0.333. The summed E-state index contributed by atoms with van der Waals surface area (Å²) in [5.41, 5.74) is 2.42. The van der Waals surface area contributed by atoms with Crippen LogP contribution in [-0.2, 0) is 16.1 Å². The van der Waals surface area contributed by atoms with Crippen molar-refractivity contribution in [2.75, 3.05) is 6.26 Å². The SMILES string of the molecule is CSc1ccc(CNC(=O)C2(NC(=O)CC(c3ccccc3)c3ccccc3)CCCCC2)cc1. The first-order valence-electron chi connectivity index (χ1n) is 12.4. The number of carbonyl (C=O) groups is 2. The summed E-state index contributed by atoms with van der Waals surface area (Å²) in [6.45, 7) is 0.460. The van der Waals surface area contributed by atoms with E-state index in [0.717, 1.165) is 36.0 Å². The average Bonchev–Trinajstić information content (AvgIpc) is 2.92. The Kier molecular flexibility index (Phi) is 8.64. The summed E-state index contributed by atoms with van der Waals surface area (Å²) < 4.78 is 0. The number of carbonyl (C=O) groups excluding carboxylic acids is 2. The van der Waals surface area contributed by atoms with Crippen molar-refractivity contribution in [2.45, 2.75) is 61.4 Å². The van der Waals surface area contributed by atoms with Gasteiger partial charge in [0.25, 0.3) is 0 Å². The van der Waals surface area contributed by atoms with E-state index >= 15 is 0 Å². The highest BCUT2D eigenvalue weighted by Gasteiger charge is 2.41. The van der Waals surface area contributed by atoms with E-state index < -0.39 is 5.54 Å². The molecule has 35 heavy (non-hydrogen) atoms. The van der Waals surface area contributed by atoms with Crippen molar-refractivity contribution in [2.24, 2.45) is 0 Å². The zero-order valence-electron chi connectivity index (χ0n) is 20.3. The standard InChI is InChI=1S/C30H34N2O2S/c1-35-26-17-15-23(16-18-26)22-31-29(34)30(19-9-4-10-20-30)32-28(33)21-27(24-11-5-2-6-12-24)25-13-7-3-8-14-25/h2-3,5-8,11-18,27H,4,9-10,19-22H2,1H3,(H,31,34)(H,32,33). The van der Waals surface area contributed by atoms with E-state index in [9.17, 15) is 9.59 Å². The van der Waals surface area contributed by atoms with Crippen LogP contribution in [0.5, 0.6) is 0 Å². The Bertz CT molecular complexity index is 1050. The van der Waals surface area contributed by atoms with Gasteiger partial charge in [0.15, 0.2) is 0 Å². The number of thioether (sulfide) groups is 1. The summed E-state index contributed by atoms with van der Waals surface area (Å²) in [5, 5.41) is 6.31. The predicted octanol–water partition coefficient (Wildman–Crippen LogP) is 6.07. The Labute approximate surface area is 212 Å². The van der Waals surface area contributed by atoms with Gasteiger partial charge in [-0.1, -0.05) is 92.1 Å². The summed E-state index contributed by atoms with van der Waals surface area (Å²) in [6.07, 6.45) is 6.69. The first kappa shape index (κ1) is 25.1. The predicted molar refractivity (Wildman–Crippen MR) is 143 cm³/mol. The van der Waals surface area contributed by atoms with Crippen LogP contribution in [0.4, 0.5) is 0 Å². The quantitative estimate of drug-likeness (QED) is 0.361. The molecule has 0 saturated heterocycles. The van der Waals surface area contributed by atoms with Crippen LogP contribution in [0.3, 0.4) is 0 Å². The van der Waals surface area contributed by atoms with Gasteiger partial charge >= 0.3 is 0 Å². The van der Waals surface area contributed by atoms with Crippen molar-refractivity contribution < 1.29 is 9.59 Å². The van der Waals surface area contributed by atoms with Crippen LogP contribution in [0.1, 0.15) is 61.1 Å². The van der Waals surface area contributed by atoms with E-state index in [4.69, 9.17) is 0 Å². The molecule has 1 aliphatic rings. The molecule has 0 aliphatic heterocycles. The Morgan fingerprint density at radius 3 is 1.94 bits per heavy atom. The second kappa shape index (κ2) is 12.1. The lowest BCUT2D eigenvalue weighted by Gasteiger charge is -2.37. The minimum Gasteiger partial charge on any atom is -0.350 e. The first-order valence-corrected chi connectivity index (χ1v) is 13.6. The van der Waals surface area contributed by atoms with Crippen molar-refractivity contribution in [1.29, 1.82) is 0 Å². The van der Waals surface area contributed by atoms with Gasteiger partial charge in [0, 0.05) is 23.8 Å². The van der Waals surface area contributed by atoms with E-state index in [-0.39, 0.29) is 17.7 Å². The molecule has 0 radical (unpaired) electrons. The summed E-state index contributed by atoms with van der Waals surface area (Å²) in [7, 11) is 0. The first-order chi connectivity index (χ1) is 17.1. The number of nitrogens with one attached hydrogen (secondary N) is 2. The molecule has 1 saturated carbocycles. The lowest BCUT2D eigenvalue weighted by molar-refractivity contribution is -0.135. The second-order valence-corrected chi connectivity index (χ2v) is 10.2. The maximum absolute atomic E-state index is 13.4. The van der Waals surface area contributed by atoms with E-state index in [1.54, 1.807) is 11.8 Å². The molecule has 2 N–H and O–H groups in total. The van der Waals surface area contributed by atoms with Gasteiger partial charge in [-0.25, -0.2) is 0 Å². The molecule has 182 valence electrons. The van der Waals surface area contributed by atoms with Gasteiger partial charge < -0.3 is 10.6 Å². The van der Waals surface area contributed by atoms with Gasteiger partial charge in [-0.15, -0.1) is 11.8 Å². The van der Waals surface area contributed by atoms with Crippen molar-refractivity contribution in [1.82, 2.24) is 10.6 Å². The van der Waals surface area contributed by atoms with Crippen LogP contribution < -0.4 is 10.6 Å². The summed E-state index contributed by atoms with van der Waals surface area (Å²) in [5.74, 6) is -0.212. The molecule has 0 unspecified atom stereocenters. The maximum Gasteiger partial charge on any atom is 0.246 e. The fourth-order valence-corrected chi connectivity index (χ4v) is 5.37. The molecule has 3 aromatic carbocycles. The fourth-order valence-electron chi connectivity index (χ4n) is 4.96. The maximum atomic E-state index is 13.4. The highest BCUT2D eigenvalue weighted by atomic mass is 32.2. The third-order valence-corrected chi connectivity index (χ3v) is 7.67. The molecule has 4 nitrogen and oxygen atoms in total. The number of hydrogen-bond acceptors (Lipinski definition) is 3. The molecule has 0 atom stereocenters. The van der Waals surface area contributed by atoms with Gasteiger partial charge in [-0.3, -0.25) is 9.59 Å².